The molecule has 5 heteroatoms. The zero-order chi connectivity index (χ0) is 17.5. The summed E-state index contributed by atoms with van der Waals surface area (Å²) in [5, 5.41) is 3.04. The Morgan fingerprint density at radius 3 is 2.72 bits per heavy atom. The summed E-state index contributed by atoms with van der Waals surface area (Å²) in [7, 11) is 0. The van der Waals surface area contributed by atoms with Crippen LogP contribution in [0.1, 0.15) is 49.5 Å². The average molecular weight is 340 g/mol. The maximum Gasteiger partial charge on any atom is 0.222 e. The van der Waals surface area contributed by atoms with E-state index in [1.165, 1.54) is 0 Å². The fourth-order valence-corrected chi connectivity index (χ4v) is 3.16. The summed E-state index contributed by atoms with van der Waals surface area (Å²) in [5.41, 5.74) is 0.969. The zero-order valence-corrected chi connectivity index (χ0v) is 14.3. The van der Waals surface area contributed by atoms with Gasteiger partial charge in [-0.25, -0.2) is 0 Å². The number of nitrogens with one attached hydrogen (secondary N) is 1. The molecule has 0 radical (unpaired) electrons. The van der Waals surface area contributed by atoms with Gasteiger partial charge in [0.05, 0.1) is 6.26 Å². The number of amides is 2. The van der Waals surface area contributed by atoms with Crippen molar-refractivity contribution in [2.45, 2.75) is 38.1 Å². The molecule has 0 aliphatic carbocycles. The maximum absolute atomic E-state index is 12.5. The predicted octanol–water partition coefficient (Wildman–Crippen LogP) is 3.28. The molecule has 0 bridgehead atoms. The molecule has 1 fully saturated rings. The molecule has 2 heterocycles. The van der Waals surface area contributed by atoms with Gasteiger partial charge in [0.25, 0.3) is 0 Å². The maximum atomic E-state index is 12.5. The Balaban J connectivity index is 1.62. The molecule has 1 N–H and O–H groups in total. The van der Waals surface area contributed by atoms with Gasteiger partial charge in [0, 0.05) is 25.9 Å². The van der Waals surface area contributed by atoms with Crippen molar-refractivity contribution in [2.75, 3.05) is 13.1 Å². The SMILES string of the molecule is O=C(CCN1CCCCCC1=O)N[C@H](c1ccccc1)c1ccco1. The van der Waals surface area contributed by atoms with E-state index in [1.54, 1.807) is 6.26 Å². The van der Waals surface area contributed by atoms with Gasteiger partial charge in [0.1, 0.15) is 11.8 Å². The molecule has 1 aromatic carbocycles. The Kier molecular flexibility index (Phi) is 5.88. The number of hydrogen-bond donors (Lipinski definition) is 1. The van der Waals surface area contributed by atoms with Crippen LogP contribution in [0.25, 0.3) is 0 Å². The van der Waals surface area contributed by atoms with Gasteiger partial charge in [-0.05, 0) is 30.5 Å². The van der Waals surface area contributed by atoms with Crippen LogP contribution in [0.15, 0.2) is 53.1 Å². The highest BCUT2D eigenvalue weighted by Gasteiger charge is 2.21. The molecule has 25 heavy (non-hydrogen) atoms. The van der Waals surface area contributed by atoms with Crippen LogP contribution in [-0.4, -0.2) is 29.8 Å². The molecule has 1 aromatic heterocycles. The normalized spacial score (nSPS) is 16.3. The van der Waals surface area contributed by atoms with E-state index in [1.807, 2.05) is 47.4 Å². The quantitative estimate of drug-likeness (QED) is 0.878. The number of carbonyl (C=O) groups is 2. The average Bonchev–Trinajstić information content (AvgIpc) is 3.09. The molecule has 0 unspecified atom stereocenters. The lowest BCUT2D eigenvalue weighted by Crippen LogP contribution is -2.36. The first-order valence-corrected chi connectivity index (χ1v) is 8.89. The van der Waals surface area contributed by atoms with Gasteiger partial charge < -0.3 is 14.6 Å². The summed E-state index contributed by atoms with van der Waals surface area (Å²) in [5.74, 6) is 0.781. The fourth-order valence-electron chi connectivity index (χ4n) is 3.16. The van der Waals surface area contributed by atoms with Crippen molar-refractivity contribution in [3.05, 3.63) is 60.1 Å². The van der Waals surface area contributed by atoms with Crippen LogP contribution in [0.4, 0.5) is 0 Å². The van der Waals surface area contributed by atoms with Crippen LogP contribution in [0.2, 0.25) is 0 Å². The van der Waals surface area contributed by atoms with Crippen molar-refractivity contribution in [1.29, 1.82) is 0 Å². The lowest BCUT2D eigenvalue weighted by atomic mass is 10.0. The van der Waals surface area contributed by atoms with E-state index in [4.69, 9.17) is 4.42 Å². The molecule has 1 aliphatic rings. The second kappa shape index (κ2) is 8.51. The first kappa shape index (κ1) is 17.3. The molecule has 0 spiro atoms. The molecule has 132 valence electrons. The minimum Gasteiger partial charge on any atom is -0.467 e. The molecule has 2 amide bonds. The third kappa shape index (κ3) is 4.72. The lowest BCUT2D eigenvalue weighted by Gasteiger charge is -2.21. The van der Waals surface area contributed by atoms with Crippen LogP contribution in [0, 0.1) is 0 Å². The van der Waals surface area contributed by atoms with Gasteiger partial charge in [-0.15, -0.1) is 0 Å². The van der Waals surface area contributed by atoms with Gasteiger partial charge in [0.15, 0.2) is 0 Å². The fraction of sp³-hybridized carbons (Fsp3) is 0.400. The number of rotatable bonds is 6. The summed E-state index contributed by atoms with van der Waals surface area (Å²) in [6, 6.07) is 13.1. The third-order valence-corrected chi connectivity index (χ3v) is 4.55. The largest absolute Gasteiger partial charge is 0.467 e. The molecule has 1 atom stereocenters. The van der Waals surface area contributed by atoms with E-state index < -0.39 is 0 Å². The van der Waals surface area contributed by atoms with Crippen molar-refractivity contribution in [3.63, 3.8) is 0 Å². The van der Waals surface area contributed by atoms with Gasteiger partial charge >= 0.3 is 0 Å². The third-order valence-electron chi connectivity index (χ3n) is 4.55. The Morgan fingerprint density at radius 2 is 1.96 bits per heavy atom. The number of furan rings is 1. The predicted molar refractivity (Wildman–Crippen MR) is 94.8 cm³/mol. The number of benzene rings is 1. The summed E-state index contributed by atoms with van der Waals surface area (Å²) in [6.07, 6.45) is 5.56. The van der Waals surface area contributed by atoms with Gasteiger partial charge in [-0.1, -0.05) is 36.8 Å². The van der Waals surface area contributed by atoms with E-state index >= 15 is 0 Å². The Hall–Kier alpha value is -2.56. The molecule has 2 aromatic rings. The molecular formula is C20H24N2O3. The molecule has 0 saturated carbocycles. The number of carbonyl (C=O) groups excluding carboxylic acids is 2. The van der Waals surface area contributed by atoms with Gasteiger partial charge in [-0.3, -0.25) is 9.59 Å². The highest BCUT2D eigenvalue weighted by atomic mass is 16.3. The highest BCUT2D eigenvalue weighted by Crippen LogP contribution is 2.22. The second-order valence-corrected chi connectivity index (χ2v) is 6.37. The van der Waals surface area contributed by atoms with Gasteiger partial charge in [-0.2, -0.15) is 0 Å². The molecular weight excluding hydrogens is 316 g/mol. The topological polar surface area (TPSA) is 62.6 Å². The van der Waals surface area contributed by atoms with E-state index in [0.29, 0.717) is 25.1 Å². The Morgan fingerprint density at radius 1 is 1.12 bits per heavy atom. The summed E-state index contributed by atoms with van der Waals surface area (Å²) >= 11 is 0. The van der Waals surface area contributed by atoms with Crippen LogP contribution in [-0.2, 0) is 9.59 Å². The summed E-state index contributed by atoms with van der Waals surface area (Å²) in [4.78, 5) is 26.3. The van der Waals surface area contributed by atoms with Crippen molar-refractivity contribution < 1.29 is 14.0 Å². The number of hydrogen-bond acceptors (Lipinski definition) is 3. The smallest absolute Gasteiger partial charge is 0.222 e. The molecule has 3 rings (SSSR count). The van der Waals surface area contributed by atoms with Crippen LogP contribution >= 0.6 is 0 Å². The second-order valence-electron chi connectivity index (χ2n) is 6.37. The van der Waals surface area contributed by atoms with Gasteiger partial charge in [0.2, 0.25) is 11.8 Å². The number of nitrogens with zero attached hydrogens (tertiary/aromatic N) is 1. The minimum atomic E-state index is -0.316. The number of likely N-dealkylation sites (tertiary alicyclic amines) is 1. The summed E-state index contributed by atoms with van der Waals surface area (Å²) in [6.45, 7) is 1.23. The van der Waals surface area contributed by atoms with E-state index in [2.05, 4.69) is 5.32 Å². The van der Waals surface area contributed by atoms with Crippen molar-refractivity contribution in [1.82, 2.24) is 10.2 Å². The highest BCUT2D eigenvalue weighted by molar-refractivity contribution is 5.79. The molecule has 1 saturated heterocycles. The monoisotopic (exact) mass is 340 g/mol. The lowest BCUT2D eigenvalue weighted by molar-refractivity contribution is -0.131. The van der Waals surface area contributed by atoms with E-state index in [0.717, 1.165) is 31.4 Å². The van der Waals surface area contributed by atoms with Crippen LogP contribution in [0.5, 0.6) is 0 Å². The molecule has 5 nitrogen and oxygen atoms in total. The zero-order valence-electron chi connectivity index (χ0n) is 14.3. The standard InChI is InChI=1S/C20H24N2O3/c23-18(12-14-22-13-6-2-5-11-19(22)24)21-20(17-10-7-15-25-17)16-8-3-1-4-9-16/h1,3-4,7-10,15,20H,2,5-6,11-14H2,(H,21,23)/t20-/m1/s1. The molecule has 1 aliphatic heterocycles. The Bertz CT molecular complexity index is 682. The minimum absolute atomic E-state index is 0.0812. The van der Waals surface area contributed by atoms with Crippen molar-refractivity contribution in [3.8, 4) is 0 Å². The Labute approximate surface area is 148 Å². The van der Waals surface area contributed by atoms with Crippen molar-refractivity contribution in [2.24, 2.45) is 0 Å². The first-order chi connectivity index (χ1) is 12.2. The van der Waals surface area contributed by atoms with Crippen LogP contribution in [0.3, 0.4) is 0 Å². The summed E-state index contributed by atoms with van der Waals surface area (Å²) < 4.78 is 5.50. The van der Waals surface area contributed by atoms with Crippen molar-refractivity contribution >= 4 is 11.8 Å². The van der Waals surface area contributed by atoms with E-state index in [9.17, 15) is 9.59 Å². The first-order valence-electron chi connectivity index (χ1n) is 8.89. The van der Waals surface area contributed by atoms with Crippen LogP contribution < -0.4 is 5.32 Å². The van der Waals surface area contributed by atoms with E-state index in [-0.39, 0.29) is 17.9 Å².